The van der Waals surface area contributed by atoms with Gasteiger partial charge in [-0.2, -0.15) is 4.98 Å². The van der Waals surface area contributed by atoms with Crippen LogP contribution in [0.5, 0.6) is 0 Å². The highest BCUT2D eigenvalue weighted by Gasteiger charge is 2.23. The lowest BCUT2D eigenvalue weighted by Gasteiger charge is -2.29. The van der Waals surface area contributed by atoms with Crippen LogP contribution in [0.2, 0.25) is 0 Å². The van der Waals surface area contributed by atoms with Crippen LogP contribution in [0.1, 0.15) is 49.7 Å². The van der Waals surface area contributed by atoms with Crippen molar-refractivity contribution < 1.29 is 9.26 Å². The van der Waals surface area contributed by atoms with Crippen LogP contribution in [0.3, 0.4) is 0 Å². The minimum absolute atomic E-state index is 0.163. The van der Waals surface area contributed by atoms with Crippen LogP contribution in [-0.2, 0) is 17.8 Å². The highest BCUT2D eigenvalue weighted by Crippen LogP contribution is 2.20. The summed E-state index contributed by atoms with van der Waals surface area (Å²) in [7, 11) is 1.65. The molecule has 1 aliphatic heterocycles. The molecule has 1 saturated heterocycles. The first-order valence-electron chi connectivity index (χ1n) is 8.96. The van der Waals surface area contributed by atoms with Gasteiger partial charge in [-0.05, 0) is 51.4 Å². The Hall–Kier alpha value is -1.83. The first-order chi connectivity index (χ1) is 12.3. The monoisotopic (exact) mass is 345 g/mol. The maximum Gasteiger partial charge on any atom is 0.240 e. The Kier molecular flexibility index (Phi) is 6.49. The van der Waals surface area contributed by atoms with Crippen molar-refractivity contribution in [1.82, 2.24) is 25.3 Å². The molecule has 0 aliphatic carbocycles. The molecular weight excluding hydrogens is 318 g/mol. The normalized spacial score (nSPS) is 19.7. The van der Waals surface area contributed by atoms with E-state index in [2.05, 4.69) is 31.4 Å². The van der Waals surface area contributed by atoms with Gasteiger partial charge >= 0.3 is 0 Å². The molecule has 2 aromatic heterocycles. The van der Waals surface area contributed by atoms with Crippen LogP contribution in [0.25, 0.3) is 0 Å². The number of hydrogen-bond donors (Lipinski definition) is 1. The van der Waals surface area contributed by atoms with Gasteiger partial charge in [0.05, 0.1) is 12.2 Å². The Morgan fingerprint density at radius 1 is 1.32 bits per heavy atom. The van der Waals surface area contributed by atoms with Gasteiger partial charge in [-0.1, -0.05) is 11.2 Å². The molecule has 25 heavy (non-hydrogen) atoms. The standard InChI is InChI=1S/C18H27N5O2/c1-14(24-2)18-21-17(25-22-18)13-23(12-15-6-3-4-10-20-15)16-7-5-9-19-11-8-16/h3-4,6,10,14,16,19H,5,7-9,11-13H2,1-2H3/t14-,16+/m1/s1. The molecule has 0 spiro atoms. The van der Waals surface area contributed by atoms with Crippen molar-refractivity contribution in [1.29, 1.82) is 0 Å². The summed E-state index contributed by atoms with van der Waals surface area (Å²) in [6.07, 6.45) is 5.13. The van der Waals surface area contributed by atoms with E-state index in [0.717, 1.165) is 38.2 Å². The second-order valence-corrected chi connectivity index (χ2v) is 6.49. The van der Waals surface area contributed by atoms with Gasteiger partial charge in [0.15, 0.2) is 5.82 Å². The molecule has 2 atom stereocenters. The van der Waals surface area contributed by atoms with Gasteiger partial charge in [0, 0.05) is 25.9 Å². The number of rotatable bonds is 7. The van der Waals surface area contributed by atoms with Crippen LogP contribution < -0.4 is 5.32 Å². The zero-order chi connectivity index (χ0) is 17.5. The molecule has 1 aliphatic rings. The van der Waals surface area contributed by atoms with Gasteiger partial charge in [0.25, 0.3) is 0 Å². The third kappa shape index (κ3) is 5.07. The highest BCUT2D eigenvalue weighted by molar-refractivity contribution is 5.04. The average molecular weight is 345 g/mol. The fourth-order valence-corrected chi connectivity index (χ4v) is 3.16. The minimum Gasteiger partial charge on any atom is -0.374 e. The molecule has 3 rings (SSSR count). The number of nitrogens with one attached hydrogen (secondary N) is 1. The van der Waals surface area contributed by atoms with Gasteiger partial charge in [-0.3, -0.25) is 9.88 Å². The van der Waals surface area contributed by atoms with Crippen molar-refractivity contribution in [3.63, 3.8) is 0 Å². The molecule has 0 saturated carbocycles. The SMILES string of the molecule is CO[C@H](C)c1noc(CN(Cc2ccccn2)[C@H]2CCCNCC2)n1. The Balaban J connectivity index is 1.74. The smallest absolute Gasteiger partial charge is 0.240 e. The Bertz CT molecular complexity index is 625. The second kappa shape index (κ2) is 9.03. The number of ether oxygens (including phenoxy) is 1. The summed E-state index contributed by atoms with van der Waals surface area (Å²) in [4.78, 5) is 11.4. The van der Waals surface area contributed by atoms with E-state index in [1.54, 1.807) is 7.11 Å². The molecule has 136 valence electrons. The van der Waals surface area contributed by atoms with Crippen LogP contribution in [0.4, 0.5) is 0 Å². The number of aromatic nitrogens is 3. The molecule has 0 bridgehead atoms. The van der Waals surface area contributed by atoms with E-state index in [1.807, 2.05) is 25.3 Å². The summed E-state index contributed by atoms with van der Waals surface area (Å²) >= 11 is 0. The maximum atomic E-state index is 5.46. The fourth-order valence-electron chi connectivity index (χ4n) is 3.16. The fraction of sp³-hybridized carbons (Fsp3) is 0.611. The Morgan fingerprint density at radius 2 is 2.24 bits per heavy atom. The van der Waals surface area contributed by atoms with E-state index in [1.165, 1.54) is 6.42 Å². The molecule has 1 N–H and O–H groups in total. The van der Waals surface area contributed by atoms with Crippen LogP contribution in [0, 0.1) is 0 Å². The van der Waals surface area contributed by atoms with Gasteiger partial charge < -0.3 is 14.6 Å². The first-order valence-corrected chi connectivity index (χ1v) is 8.96. The van der Waals surface area contributed by atoms with E-state index in [4.69, 9.17) is 9.26 Å². The lowest BCUT2D eigenvalue weighted by atomic mass is 10.1. The summed E-state index contributed by atoms with van der Waals surface area (Å²) in [5, 5.41) is 7.52. The number of nitrogens with zero attached hydrogens (tertiary/aromatic N) is 4. The Morgan fingerprint density at radius 3 is 3.04 bits per heavy atom. The molecule has 0 aromatic carbocycles. The van der Waals surface area contributed by atoms with E-state index in [0.29, 0.717) is 24.3 Å². The molecule has 7 nitrogen and oxygen atoms in total. The lowest BCUT2D eigenvalue weighted by Crippen LogP contribution is -2.35. The molecule has 2 aromatic rings. The predicted molar refractivity (Wildman–Crippen MR) is 93.7 cm³/mol. The summed E-state index contributed by atoms with van der Waals surface area (Å²) in [5.41, 5.74) is 1.06. The lowest BCUT2D eigenvalue weighted by molar-refractivity contribution is 0.109. The van der Waals surface area contributed by atoms with Crippen LogP contribution >= 0.6 is 0 Å². The topological polar surface area (TPSA) is 76.3 Å². The van der Waals surface area contributed by atoms with E-state index in [9.17, 15) is 0 Å². The molecule has 0 unspecified atom stereocenters. The molecule has 0 amide bonds. The van der Waals surface area contributed by atoms with Gasteiger partial charge in [0.2, 0.25) is 5.89 Å². The molecular formula is C18H27N5O2. The third-order valence-electron chi connectivity index (χ3n) is 4.69. The number of methoxy groups -OCH3 is 1. The summed E-state index contributed by atoms with van der Waals surface area (Å²) in [6.45, 7) is 5.45. The van der Waals surface area contributed by atoms with Gasteiger partial charge in [-0.15, -0.1) is 0 Å². The zero-order valence-corrected chi connectivity index (χ0v) is 15.0. The van der Waals surface area contributed by atoms with Gasteiger partial charge in [-0.25, -0.2) is 0 Å². The maximum absolute atomic E-state index is 5.46. The largest absolute Gasteiger partial charge is 0.374 e. The number of pyridine rings is 1. The van der Waals surface area contributed by atoms with Crippen molar-refractivity contribution in [2.24, 2.45) is 0 Å². The van der Waals surface area contributed by atoms with E-state index < -0.39 is 0 Å². The minimum atomic E-state index is -0.163. The van der Waals surface area contributed by atoms with Crippen molar-refractivity contribution in [3.05, 3.63) is 41.8 Å². The third-order valence-corrected chi connectivity index (χ3v) is 4.69. The molecule has 1 fully saturated rings. The van der Waals surface area contributed by atoms with Crippen molar-refractivity contribution >= 4 is 0 Å². The van der Waals surface area contributed by atoms with E-state index >= 15 is 0 Å². The quantitative estimate of drug-likeness (QED) is 0.825. The number of hydrogen-bond acceptors (Lipinski definition) is 7. The predicted octanol–water partition coefficient (Wildman–Crippen LogP) is 2.32. The highest BCUT2D eigenvalue weighted by atomic mass is 16.5. The molecule has 7 heteroatoms. The van der Waals surface area contributed by atoms with Crippen molar-refractivity contribution in [3.8, 4) is 0 Å². The molecule has 3 heterocycles. The van der Waals surface area contributed by atoms with Gasteiger partial charge in [0.1, 0.15) is 6.10 Å². The Labute approximate surface area is 148 Å². The summed E-state index contributed by atoms with van der Waals surface area (Å²) in [6, 6.07) is 6.51. The van der Waals surface area contributed by atoms with Crippen molar-refractivity contribution in [2.45, 2.75) is 51.4 Å². The summed E-state index contributed by atoms with van der Waals surface area (Å²) in [5.74, 6) is 1.23. The summed E-state index contributed by atoms with van der Waals surface area (Å²) < 4.78 is 10.7. The van der Waals surface area contributed by atoms with E-state index in [-0.39, 0.29) is 6.10 Å². The second-order valence-electron chi connectivity index (χ2n) is 6.49. The van der Waals surface area contributed by atoms with Crippen molar-refractivity contribution in [2.75, 3.05) is 20.2 Å². The van der Waals surface area contributed by atoms with Crippen LogP contribution in [0.15, 0.2) is 28.9 Å². The van der Waals surface area contributed by atoms with Crippen LogP contribution in [-0.4, -0.2) is 46.3 Å². The molecule has 0 radical (unpaired) electrons. The first kappa shape index (κ1) is 18.0. The zero-order valence-electron chi connectivity index (χ0n) is 15.0. The average Bonchev–Trinajstić information content (AvgIpc) is 2.94.